The van der Waals surface area contributed by atoms with Gasteiger partial charge in [0.1, 0.15) is 17.3 Å². The molecular weight excluding hydrogens is 399 g/mol. The topological polar surface area (TPSA) is 67.9 Å². The van der Waals surface area contributed by atoms with E-state index in [1.807, 2.05) is 0 Å². The second kappa shape index (κ2) is 9.07. The van der Waals surface area contributed by atoms with E-state index in [0.29, 0.717) is 35.1 Å². The lowest BCUT2D eigenvalue weighted by molar-refractivity contribution is -0.136. The monoisotopic (exact) mass is 418 g/mol. The lowest BCUT2D eigenvalue weighted by Crippen LogP contribution is -2.33. The van der Waals surface area contributed by atoms with Gasteiger partial charge in [-0.1, -0.05) is 23.7 Å². The molecule has 1 aliphatic heterocycles. The van der Waals surface area contributed by atoms with E-state index < -0.39 is 17.6 Å². The largest absolute Gasteiger partial charge is 0.495 e. The van der Waals surface area contributed by atoms with Gasteiger partial charge in [0.25, 0.3) is 11.8 Å². The fraction of sp³-hybridized carbons (Fsp3) is 0.238. The number of methoxy groups -OCH3 is 2. The van der Waals surface area contributed by atoms with Crippen LogP contribution in [0.1, 0.15) is 12.0 Å². The van der Waals surface area contributed by atoms with Gasteiger partial charge < -0.3 is 14.8 Å². The van der Waals surface area contributed by atoms with Crippen molar-refractivity contribution in [2.24, 2.45) is 0 Å². The molecule has 0 aromatic heterocycles. The molecule has 0 radical (unpaired) electrons. The normalized spacial score (nSPS) is 14.0. The highest BCUT2D eigenvalue weighted by Gasteiger charge is 2.39. The smallest absolute Gasteiger partial charge is 0.278 e. The molecule has 29 heavy (non-hydrogen) atoms. The highest BCUT2D eigenvalue weighted by molar-refractivity contribution is 6.36. The first kappa shape index (κ1) is 20.8. The van der Waals surface area contributed by atoms with Crippen molar-refractivity contribution in [2.45, 2.75) is 6.42 Å². The molecule has 152 valence electrons. The second-order valence-corrected chi connectivity index (χ2v) is 6.77. The standard InChI is InChI=1S/C21H20ClFN2O4/c1-28-11-3-10-25-20(26)18(13-4-7-15(23)8-5-13)19(21(25)27)24-16-12-14(22)6-9-17(16)29-2/h4-9,12,24H,3,10-11H2,1-2H3. The average molecular weight is 419 g/mol. The van der Waals surface area contributed by atoms with Crippen LogP contribution in [-0.2, 0) is 14.3 Å². The Balaban J connectivity index is 2.04. The van der Waals surface area contributed by atoms with Crippen LogP contribution < -0.4 is 10.1 Å². The number of hydrogen-bond donors (Lipinski definition) is 1. The molecule has 0 atom stereocenters. The Kier molecular flexibility index (Phi) is 6.51. The Labute approximate surface area is 172 Å². The Morgan fingerprint density at radius 1 is 1.07 bits per heavy atom. The van der Waals surface area contributed by atoms with E-state index >= 15 is 0 Å². The number of halogens is 2. The third-order valence-corrected chi connectivity index (χ3v) is 4.69. The van der Waals surface area contributed by atoms with Crippen LogP contribution in [0.4, 0.5) is 10.1 Å². The molecule has 2 aromatic rings. The first-order valence-corrected chi connectivity index (χ1v) is 9.30. The van der Waals surface area contributed by atoms with Gasteiger partial charge in [-0.3, -0.25) is 14.5 Å². The summed E-state index contributed by atoms with van der Waals surface area (Å²) < 4.78 is 23.7. The number of anilines is 1. The molecule has 0 spiro atoms. The van der Waals surface area contributed by atoms with Crippen molar-refractivity contribution in [1.82, 2.24) is 4.90 Å². The van der Waals surface area contributed by atoms with Crippen LogP contribution in [0.5, 0.6) is 5.75 Å². The van der Waals surface area contributed by atoms with Gasteiger partial charge in [-0.2, -0.15) is 0 Å². The zero-order chi connectivity index (χ0) is 21.0. The molecule has 0 saturated carbocycles. The molecular formula is C21H20ClFN2O4. The van der Waals surface area contributed by atoms with Crippen LogP contribution in [0.2, 0.25) is 5.02 Å². The summed E-state index contributed by atoms with van der Waals surface area (Å²) in [7, 11) is 3.04. The van der Waals surface area contributed by atoms with E-state index in [9.17, 15) is 14.0 Å². The highest BCUT2D eigenvalue weighted by atomic mass is 35.5. The number of nitrogens with one attached hydrogen (secondary N) is 1. The molecule has 2 aromatic carbocycles. The highest BCUT2D eigenvalue weighted by Crippen LogP contribution is 2.34. The minimum Gasteiger partial charge on any atom is -0.495 e. The molecule has 0 bridgehead atoms. The lowest BCUT2D eigenvalue weighted by Gasteiger charge is -2.15. The predicted octanol–water partition coefficient (Wildman–Crippen LogP) is 3.72. The van der Waals surface area contributed by atoms with Crippen molar-refractivity contribution in [3.8, 4) is 5.75 Å². The van der Waals surface area contributed by atoms with Gasteiger partial charge in [0.2, 0.25) is 0 Å². The Hall–Kier alpha value is -2.90. The van der Waals surface area contributed by atoms with Crippen molar-refractivity contribution in [1.29, 1.82) is 0 Å². The third-order valence-electron chi connectivity index (χ3n) is 4.45. The zero-order valence-corrected chi connectivity index (χ0v) is 16.8. The fourth-order valence-electron chi connectivity index (χ4n) is 3.06. The summed E-state index contributed by atoms with van der Waals surface area (Å²) in [4.78, 5) is 27.2. The van der Waals surface area contributed by atoms with Gasteiger partial charge in [-0.25, -0.2) is 4.39 Å². The van der Waals surface area contributed by atoms with Gasteiger partial charge >= 0.3 is 0 Å². The third kappa shape index (κ3) is 4.41. The number of hydrogen-bond acceptors (Lipinski definition) is 5. The van der Waals surface area contributed by atoms with Crippen molar-refractivity contribution in [3.05, 3.63) is 64.6 Å². The van der Waals surface area contributed by atoms with Crippen LogP contribution in [-0.4, -0.2) is 44.1 Å². The van der Waals surface area contributed by atoms with E-state index in [1.54, 1.807) is 25.3 Å². The summed E-state index contributed by atoms with van der Waals surface area (Å²) in [6.45, 7) is 0.613. The molecule has 0 aliphatic carbocycles. The van der Waals surface area contributed by atoms with Crippen molar-refractivity contribution >= 4 is 34.7 Å². The van der Waals surface area contributed by atoms with E-state index in [4.69, 9.17) is 21.1 Å². The Bertz CT molecular complexity index is 960. The number of benzene rings is 2. The van der Waals surface area contributed by atoms with Crippen LogP contribution >= 0.6 is 11.6 Å². The molecule has 8 heteroatoms. The fourth-order valence-corrected chi connectivity index (χ4v) is 3.23. The molecule has 6 nitrogen and oxygen atoms in total. The van der Waals surface area contributed by atoms with E-state index in [0.717, 1.165) is 4.90 Å². The van der Waals surface area contributed by atoms with Gasteiger partial charge in [0.15, 0.2) is 0 Å². The number of ether oxygens (including phenoxy) is 2. The van der Waals surface area contributed by atoms with Crippen molar-refractivity contribution in [3.63, 3.8) is 0 Å². The van der Waals surface area contributed by atoms with E-state index in [1.165, 1.54) is 31.4 Å². The first-order chi connectivity index (χ1) is 14.0. The molecule has 0 unspecified atom stereocenters. The minimum absolute atomic E-state index is 0.0830. The summed E-state index contributed by atoms with van der Waals surface area (Å²) >= 11 is 6.08. The molecule has 3 rings (SSSR count). The van der Waals surface area contributed by atoms with Crippen molar-refractivity contribution in [2.75, 3.05) is 32.7 Å². The van der Waals surface area contributed by atoms with Crippen LogP contribution in [0.3, 0.4) is 0 Å². The summed E-state index contributed by atoms with van der Waals surface area (Å²) in [5.74, 6) is -0.916. The Morgan fingerprint density at radius 2 is 1.79 bits per heavy atom. The van der Waals surface area contributed by atoms with Crippen molar-refractivity contribution < 1.29 is 23.5 Å². The zero-order valence-electron chi connectivity index (χ0n) is 16.0. The van der Waals surface area contributed by atoms with Gasteiger partial charge in [0.05, 0.1) is 18.4 Å². The number of rotatable bonds is 8. The molecule has 1 N–H and O–H groups in total. The summed E-state index contributed by atoms with van der Waals surface area (Å²) in [5, 5.41) is 3.43. The minimum atomic E-state index is -0.479. The van der Waals surface area contributed by atoms with Crippen LogP contribution in [0, 0.1) is 5.82 Å². The summed E-state index contributed by atoms with van der Waals surface area (Å²) in [6.07, 6.45) is 0.498. The predicted molar refractivity (Wildman–Crippen MR) is 108 cm³/mol. The second-order valence-electron chi connectivity index (χ2n) is 6.33. The number of nitrogens with zero attached hydrogens (tertiary/aromatic N) is 1. The number of imide groups is 1. The number of carbonyl (C=O) groups is 2. The van der Waals surface area contributed by atoms with Gasteiger partial charge in [-0.15, -0.1) is 0 Å². The maximum Gasteiger partial charge on any atom is 0.278 e. The summed E-state index contributed by atoms with van der Waals surface area (Å²) in [6, 6.07) is 10.3. The first-order valence-electron chi connectivity index (χ1n) is 8.92. The molecule has 0 fully saturated rings. The molecule has 1 aliphatic rings. The SMILES string of the molecule is COCCCN1C(=O)C(Nc2cc(Cl)ccc2OC)=C(c2ccc(F)cc2)C1=O. The molecule has 2 amide bonds. The van der Waals surface area contributed by atoms with Gasteiger partial charge in [0, 0.05) is 25.3 Å². The summed E-state index contributed by atoms with van der Waals surface area (Å²) in [5.41, 5.74) is 1.12. The number of amides is 2. The van der Waals surface area contributed by atoms with Crippen LogP contribution in [0.25, 0.3) is 5.57 Å². The Morgan fingerprint density at radius 3 is 2.45 bits per heavy atom. The quantitative estimate of drug-likeness (QED) is 0.522. The maximum atomic E-state index is 13.4. The number of carbonyl (C=O) groups excluding carboxylic acids is 2. The average Bonchev–Trinajstić information content (AvgIpc) is 2.93. The molecule has 1 heterocycles. The maximum absolute atomic E-state index is 13.4. The lowest BCUT2D eigenvalue weighted by atomic mass is 10.0. The van der Waals surface area contributed by atoms with E-state index in [-0.39, 0.29) is 17.8 Å². The van der Waals surface area contributed by atoms with Crippen LogP contribution in [0.15, 0.2) is 48.2 Å². The molecule has 0 saturated heterocycles. The van der Waals surface area contributed by atoms with E-state index in [2.05, 4.69) is 5.32 Å². The van der Waals surface area contributed by atoms with Gasteiger partial charge in [-0.05, 0) is 42.3 Å².